The van der Waals surface area contributed by atoms with Gasteiger partial charge in [-0.05, 0) is 30.4 Å². The van der Waals surface area contributed by atoms with Crippen LogP contribution < -0.4 is 4.90 Å². The minimum Gasteiger partial charge on any atom is -0.315 e. The molecule has 2 N–H and O–H groups in total. The fourth-order valence-electron chi connectivity index (χ4n) is 2.54. The molecule has 0 radical (unpaired) electrons. The number of benzene rings is 2. The van der Waals surface area contributed by atoms with Crippen molar-refractivity contribution in [1.29, 1.82) is 0 Å². The molecule has 1 unspecified atom stereocenters. The zero-order valence-electron chi connectivity index (χ0n) is 13.1. The molecule has 1 heterocycles. The van der Waals surface area contributed by atoms with Crippen molar-refractivity contribution < 1.29 is 4.90 Å². The lowest BCUT2D eigenvalue weighted by atomic mass is 10.2. The summed E-state index contributed by atoms with van der Waals surface area (Å²) >= 11 is 17.6. The van der Waals surface area contributed by atoms with Gasteiger partial charge in [-0.3, -0.25) is 5.10 Å². The lowest BCUT2D eigenvalue weighted by Gasteiger charge is -2.14. The van der Waals surface area contributed by atoms with Gasteiger partial charge in [-0.1, -0.05) is 53.5 Å². The van der Waals surface area contributed by atoms with Crippen LogP contribution in [0.25, 0.3) is 11.4 Å². The number of hydrogen-bond donors (Lipinski definition) is 2. The second kappa shape index (κ2) is 7.49. The van der Waals surface area contributed by atoms with Crippen molar-refractivity contribution in [1.82, 2.24) is 14.8 Å². The summed E-state index contributed by atoms with van der Waals surface area (Å²) in [6, 6.07) is 15.7. The van der Waals surface area contributed by atoms with Crippen LogP contribution in [0.15, 0.2) is 48.5 Å². The predicted octanol–water partition coefficient (Wildman–Crippen LogP) is 3.59. The Morgan fingerprint density at radius 3 is 2.62 bits per heavy atom. The van der Waals surface area contributed by atoms with Gasteiger partial charge in [0.1, 0.15) is 6.54 Å². The molecule has 0 bridgehead atoms. The molecule has 0 saturated heterocycles. The fourth-order valence-corrected chi connectivity index (χ4v) is 3.24. The van der Waals surface area contributed by atoms with E-state index in [9.17, 15) is 0 Å². The molecule has 4 nitrogen and oxygen atoms in total. The fraction of sp³-hybridized carbons (Fsp3) is 0.176. The van der Waals surface area contributed by atoms with E-state index in [1.54, 1.807) is 12.1 Å². The Bertz CT molecular complexity index is 889. The van der Waals surface area contributed by atoms with Gasteiger partial charge in [0.25, 0.3) is 0 Å². The molecule has 24 heavy (non-hydrogen) atoms. The summed E-state index contributed by atoms with van der Waals surface area (Å²) in [5.41, 5.74) is 2.06. The van der Waals surface area contributed by atoms with Crippen LogP contribution in [0.3, 0.4) is 0 Å². The quantitative estimate of drug-likeness (QED) is 0.664. The number of nitrogens with zero attached hydrogens (tertiary/aromatic N) is 2. The maximum atomic E-state index is 6.25. The monoisotopic (exact) mass is 379 g/mol. The smallest absolute Gasteiger partial charge is 0.221 e. The van der Waals surface area contributed by atoms with Crippen LogP contribution in [0.5, 0.6) is 0 Å². The van der Waals surface area contributed by atoms with E-state index in [2.05, 4.69) is 29.3 Å². The van der Waals surface area contributed by atoms with E-state index >= 15 is 0 Å². The third-order valence-corrected chi connectivity index (χ3v) is 4.50. The van der Waals surface area contributed by atoms with Crippen LogP contribution in [-0.2, 0) is 13.2 Å². The zero-order chi connectivity index (χ0) is 17.1. The van der Waals surface area contributed by atoms with Crippen LogP contribution in [0.2, 0.25) is 10.0 Å². The van der Waals surface area contributed by atoms with E-state index in [1.807, 2.05) is 28.9 Å². The van der Waals surface area contributed by atoms with Gasteiger partial charge in [0, 0.05) is 16.1 Å². The van der Waals surface area contributed by atoms with Gasteiger partial charge in [-0.2, -0.15) is 4.98 Å². The van der Waals surface area contributed by atoms with Crippen molar-refractivity contribution in [2.75, 3.05) is 7.05 Å². The van der Waals surface area contributed by atoms with E-state index in [4.69, 9.17) is 35.4 Å². The Balaban J connectivity index is 1.78. The lowest BCUT2D eigenvalue weighted by Crippen LogP contribution is -3.07. The van der Waals surface area contributed by atoms with Crippen LogP contribution in [0.4, 0.5) is 0 Å². The van der Waals surface area contributed by atoms with Crippen molar-refractivity contribution in [3.05, 3.63) is 68.9 Å². The first-order chi connectivity index (χ1) is 11.5. The van der Waals surface area contributed by atoms with Crippen molar-refractivity contribution in [2.24, 2.45) is 0 Å². The number of hydrogen-bond acceptors (Lipinski definition) is 2. The van der Waals surface area contributed by atoms with Gasteiger partial charge in [0.05, 0.1) is 12.1 Å². The highest BCUT2D eigenvalue weighted by atomic mass is 35.5. The summed E-state index contributed by atoms with van der Waals surface area (Å²) in [5.74, 6) is 0.647. The van der Waals surface area contributed by atoms with E-state index < -0.39 is 0 Å². The van der Waals surface area contributed by atoms with Crippen LogP contribution >= 0.6 is 35.4 Å². The van der Waals surface area contributed by atoms with Gasteiger partial charge in [0.2, 0.25) is 4.77 Å². The van der Waals surface area contributed by atoms with E-state index in [0.717, 1.165) is 12.1 Å². The number of nitrogens with one attached hydrogen (secondary N) is 2. The average Bonchev–Trinajstić information content (AvgIpc) is 2.88. The molecule has 7 heteroatoms. The maximum Gasteiger partial charge on any atom is 0.221 e. The number of aromatic nitrogens is 3. The third-order valence-electron chi connectivity index (χ3n) is 3.64. The summed E-state index contributed by atoms with van der Waals surface area (Å²) in [5, 5.41) is 4.36. The molecule has 3 rings (SSSR count). The SMILES string of the molecule is C[NH+](Cc1ccccc1)Cn1[nH]c(-c2ccc(Cl)cc2Cl)nc1=S. The van der Waals surface area contributed by atoms with Gasteiger partial charge < -0.3 is 4.90 Å². The molecular formula is C17H17Cl2N4S+. The molecular weight excluding hydrogens is 363 g/mol. The van der Waals surface area contributed by atoms with Gasteiger partial charge in [0.15, 0.2) is 12.5 Å². The topological polar surface area (TPSA) is 38.0 Å². The minimum absolute atomic E-state index is 0.503. The first kappa shape index (κ1) is 17.2. The molecule has 1 aromatic heterocycles. The standard InChI is InChI=1S/C17H16Cl2N4S/c1-22(10-12-5-3-2-4-6-12)11-23-17(24)20-16(21-23)14-8-7-13(18)9-15(14)19/h2-9H,10-11H2,1H3,(H,20,21,24)/p+1. The summed E-state index contributed by atoms with van der Waals surface area (Å²) in [7, 11) is 2.12. The van der Waals surface area contributed by atoms with E-state index in [-0.39, 0.29) is 0 Å². The normalized spacial score (nSPS) is 12.3. The summed E-state index contributed by atoms with van der Waals surface area (Å²) in [6.45, 7) is 1.59. The van der Waals surface area contributed by atoms with Gasteiger partial charge in [-0.15, -0.1) is 0 Å². The highest BCUT2D eigenvalue weighted by Crippen LogP contribution is 2.27. The second-order valence-electron chi connectivity index (χ2n) is 5.68. The van der Waals surface area contributed by atoms with E-state index in [1.165, 1.54) is 10.5 Å². The van der Waals surface area contributed by atoms with Crippen molar-refractivity contribution >= 4 is 35.4 Å². The Morgan fingerprint density at radius 2 is 1.92 bits per heavy atom. The molecule has 2 aromatic carbocycles. The number of halogens is 2. The molecule has 0 saturated carbocycles. The molecule has 124 valence electrons. The van der Waals surface area contributed by atoms with Gasteiger partial charge in [-0.25, -0.2) is 4.68 Å². The predicted molar refractivity (Wildman–Crippen MR) is 99.9 cm³/mol. The summed E-state index contributed by atoms with van der Waals surface area (Å²) in [6.07, 6.45) is 0. The number of aromatic amines is 1. The maximum absolute atomic E-state index is 6.25. The van der Waals surface area contributed by atoms with Crippen LogP contribution in [-0.4, -0.2) is 21.8 Å². The molecule has 1 atom stereocenters. The summed E-state index contributed by atoms with van der Waals surface area (Å²) < 4.78 is 2.36. The molecule has 0 aliphatic heterocycles. The molecule has 0 spiro atoms. The van der Waals surface area contributed by atoms with Crippen LogP contribution in [0.1, 0.15) is 5.56 Å². The number of H-pyrrole nitrogens is 1. The van der Waals surface area contributed by atoms with Crippen LogP contribution in [0, 0.1) is 4.77 Å². The molecule has 0 aliphatic carbocycles. The number of rotatable bonds is 5. The first-order valence-corrected chi connectivity index (χ1v) is 8.67. The second-order valence-corrected chi connectivity index (χ2v) is 6.89. The molecule has 0 amide bonds. The highest BCUT2D eigenvalue weighted by Gasteiger charge is 2.12. The van der Waals surface area contributed by atoms with Gasteiger partial charge >= 0.3 is 0 Å². The largest absolute Gasteiger partial charge is 0.315 e. The summed E-state index contributed by atoms with van der Waals surface area (Å²) in [4.78, 5) is 5.70. The van der Waals surface area contributed by atoms with Crippen molar-refractivity contribution in [3.63, 3.8) is 0 Å². The zero-order valence-corrected chi connectivity index (χ0v) is 15.4. The van der Waals surface area contributed by atoms with Crippen molar-refractivity contribution in [3.8, 4) is 11.4 Å². The Hall–Kier alpha value is -1.66. The Kier molecular flexibility index (Phi) is 5.36. The molecule has 0 aliphatic rings. The average molecular weight is 380 g/mol. The third kappa shape index (κ3) is 4.05. The number of quaternary nitrogens is 1. The van der Waals surface area contributed by atoms with Crippen molar-refractivity contribution in [2.45, 2.75) is 13.2 Å². The Labute approximate surface area is 155 Å². The lowest BCUT2D eigenvalue weighted by molar-refractivity contribution is -0.917. The molecule has 0 fully saturated rings. The minimum atomic E-state index is 0.503. The highest BCUT2D eigenvalue weighted by molar-refractivity contribution is 7.71. The van der Waals surface area contributed by atoms with E-state index in [0.29, 0.717) is 27.3 Å². The molecule has 3 aromatic rings. The first-order valence-electron chi connectivity index (χ1n) is 7.50. The Morgan fingerprint density at radius 1 is 1.17 bits per heavy atom.